The van der Waals surface area contributed by atoms with E-state index in [2.05, 4.69) is 34.6 Å². The van der Waals surface area contributed by atoms with Gasteiger partial charge in [-0.25, -0.2) is 0 Å². The minimum absolute atomic E-state index is 0.0114. The maximum Gasteiger partial charge on any atom is 0.192 e. The van der Waals surface area contributed by atoms with E-state index in [1.54, 1.807) is 0 Å². The zero-order chi connectivity index (χ0) is 26.7. The van der Waals surface area contributed by atoms with Crippen LogP contribution in [0.3, 0.4) is 0 Å². The van der Waals surface area contributed by atoms with Crippen LogP contribution < -0.4 is 0 Å². The van der Waals surface area contributed by atoms with Crippen molar-refractivity contribution in [3.63, 3.8) is 0 Å². The Balaban J connectivity index is 1.63. The molecule has 1 N–H and O–H groups in total. The fourth-order valence-electron chi connectivity index (χ4n) is 6.80. The molecule has 4 fully saturated rings. The van der Waals surface area contributed by atoms with E-state index in [1.807, 2.05) is 47.0 Å². The number of carbonyl (C=O) groups is 1. The quantitative estimate of drug-likeness (QED) is 0.284. The number of ether oxygens (including phenoxy) is 2. The summed E-state index contributed by atoms with van der Waals surface area (Å²) < 4.78 is 20.0. The molecule has 10 heteroatoms. The zero-order valence-corrected chi connectivity index (χ0v) is 27.6. The second-order valence-electron chi connectivity index (χ2n) is 11.1. The smallest absolute Gasteiger partial charge is 0.192 e. The van der Waals surface area contributed by atoms with Crippen LogP contribution >= 0.6 is 47.0 Å². The fraction of sp³-hybridized carbons (Fsp3) is 0.963. The normalized spacial score (nSPS) is 32.5. The molecular weight excluding hydrogens is 561 g/mol. The van der Waals surface area contributed by atoms with Crippen LogP contribution in [0.25, 0.3) is 0 Å². The monoisotopic (exact) mass is 608 g/mol. The van der Waals surface area contributed by atoms with Crippen molar-refractivity contribution in [2.24, 2.45) is 23.7 Å². The van der Waals surface area contributed by atoms with E-state index in [1.165, 1.54) is 0 Å². The number of thioether (sulfide) groups is 4. The first kappa shape index (κ1) is 31.1. The van der Waals surface area contributed by atoms with Crippen LogP contribution in [-0.4, -0.2) is 89.0 Å². The lowest BCUT2D eigenvalue weighted by molar-refractivity contribution is -0.216. The Morgan fingerprint density at radius 3 is 2.19 bits per heavy atom. The number of carbonyl (C=O) groups excluding carboxylic acids is 1. The van der Waals surface area contributed by atoms with Crippen molar-refractivity contribution in [3.05, 3.63) is 0 Å². The number of rotatable bonds is 11. The number of Topliss-reactive ketones (excluding diaryl/α,β-unsaturated/α-hetero) is 1. The van der Waals surface area contributed by atoms with Crippen molar-refractivity contribution in [1.29, 1.82) is 0 Å². The number of aliphatic hydroxyl groups is 1. The molecule has 1 spiro atoms. The van der Waals surface area contributed by atoms with Gasteiger partial charge in [-0.15, -0.1) is 23.5 Å². The van der Waals surface area contributed by atoms with Crippen LogP contribution in [0.15, 0.2) is 0 Å². The van der Waals surface area contributed by atoms with Gasteiger partial charge in [0.25, 0.3) is 0 Å². The molecule has 0 radical (unpaired) electrons. The molecule has 6 atom stereocenters. The van der Waals surface area contributed by atoms with E-state index in [-0.39, 0.29) is 39.6 Å². The molecule has 4 saturated heterocycles. The first-order valence-corrected chi connectivity index (χ1v) is 21.2. The van der Waals surface area contributed by atoms with Crippen LogP contribution in [-0.2, 0) is 18.7 Å². The third-order valence-electron chi connectivity index (χ3n) is 9.56. The van der Waals surface area contributed by atoms with Crippen molar-refractivity contribution in [2.45, 2.75) is 87.7 Å². The Morgan fingerprint density at radius 2 is 1.59 bits per heavy atom. The van der Waals surface area contributed by atoms with Crippen molar-refractivity contribution in [2.75, 3.05) is 47.7 Å². The Kier molecular flexibility index (Phi) is 11.3. The molecule has 214 valence electrons. The van der Waals surface area contributed by atoms with Gasteiger partial charge in [-0.2, -0.15) is 23.5 Å². The summed E-state index contributed by atoms with van der Waals surface area (Å²) in [7, 11) is -2.01. The van der Waals surface area contributed by atoms with Gasteiger partial charge in [-0.05, 0) is 30.3 Å². The summed E-state index contributed by atoms with van der Waals surface area (Å²) in [5, 5.41) is 11.7. The van der Waals surface area contributed by atoms with Gasteiger partial charge in [0.15, 0.2) is 14.1 Å². The highest BCUT2D eigenvalue weighted by Gasteiger charge is 2.56. The summed E-state index contributed by atoms with van der Waals surface area (Å²) in [6.45, 7) is 12.4. The molecule has 0 aromatic carbocycles. The summed E-state index contributed by atoms with van der Waals surface area (Å²) in [5.74, 6) is 4.77. The van der Waals surface area contributed by atoms with Gasteiger partial charge in [0.1, 0.15) is 5.78 Å². The highest BCUT2D eigenvalue weighted by atomic mass is 32.2. The third-order valence-corrected chi connectivity index (χ3v) is 20.6. The largest absolute Gasteiger partial charge is 0.413 e. The Labute approximate surface area is 242 Å². The lowest BCUT2D eigenvalue weighted by atomic mass is 9.77. The summed E-state index contributed by atoms with van der Waals surface area (Å²) in [4.78, 5) is 14.4. The van der Waals surface area contributed by atoms with Crippen LogP contribution in [0, 0.1) is 23.7 Å². The molecule has 4 rings (SSSR count). The zero-order valence-electron chi connectivity index (χ0n) is 23.4. The minimum Gasteiger partial charge on any atom is -0.413 e. The topological polar surface area (TPSA) is 65.0 Å². The second kappa shape index (κ2) is 13.4. The minimum atomic E-state index is -2.01. The first-order valence-electron chi connectivity index (χ1n) is 14.4. The molecule has 5 nitrogen and oxygen atoms in total. The lowest BCUT2D eigenvalue weighted by Gasteiger charge is -2.49. The van der Waals surface area contributed by atoms with Crippen molar-refractivity contribution in [3.8, 4) is 0 Å². The molecule has 0 saturated carbocycles. The molecular formula is C27H48O5S4Si. The molecule has 0 aliphatic carbocycles. The third kappa shape index (κ3) is 6.18. The molecule has 4 aliphatic rings. The number of hydrogen-bond donors (Lipinski definition) is 1. The van der Waals surface area contributed by atoms with Crippen LogP contribution in [0.5, 0.6) is 0 Å². The standard InChI is InChI=1S/C27H48O5S4Si/c1-6-27(35-14-15-36-27)19(5)23(28)20-16-34-17-21(24(20)29)25(32-37(7-2,8-3)9-4)22-18-33-13-10-26(22)30-11-12-31-26/h19-23,25,28H,6-18H2,1-5H3/t19-,20+,21-,22-,23-,25+/m0/s1. The average Bonchev–Trinajstić information content (AvgIpc) is 3.61. The Hall–Kier alpha value is 1.13. The molecule has 0 aromatic rings. The van der Waals surface area contributed by atoms with Crippen LogP contribution in [0.4, 0.5) is 0 Å². The molecule has 37 heavy (non-hydrogen) atoms. The van der Waals surface area contributed by atoms with Crippen molar-refractivity contribution < 1.29 is 23.8 Å². The van der Waals surface area contributed by atoms with Gasteiger partial charge in [-0.1, -0.05) is 34.6 Å². The van der Waals surface area contributed by atoms with Crippen molar-refractivity contribution >= 4 is 61.1 Å². The molecule has 0 bridgehead atoms. The van der Waals surface area contributed by atoms with Gasteiger partial charge < -0.3 is 19.0 Å². The van der Waals surface area contributed by atoms with Crippen molar-refractivity contribution in [1.82, 2.24) is 0 Å². The Morgan fingerprint density at radius 1 is 0.973 bits per heavy atom. The number of ketones is 1. The SMILES string of the molecule is CCC1([C@@H](C)[C@H](O)[C@H]2CSC[C@H]([C@@H](O[Si](CC)(CC)CC)[C@@H]3CSCCC34OCCO4)C2=O)SCCS1. The van der Waals surface area contributed by atoms with E-state index in [0.717, 1.165) is 59.7 Å². The van der Waals surface area contributed by atoms with Gasteiger partial charge in [-0.3, -0.25) is 4.79 Å². The van der Waals surface area contributed by atoms with E-state index < -0.39 is 20.2 Å². The summed E-state index contributed by atoms with van der Waals surface area (Å²) in [6, 6.07) is 3.15. The van der Waals surface area contributed by atoms with Gasteiger partial charge in [0, 0.05) is 47.0 Å². The van der Waals surface area contributed by atoms with E-state index in [9.17, 15) is 9.90 Å². The van der Waals surface area contributed by atoms with E-state index in [4.69, 9.17) is 13.9 Å². The molecule has 0 aromatic heterocycles. The number of aliphatic hydroxyl groups excluding tert-OH is 1. The van der Waals surface area contributed by atoms with Crippen LogP contribution in [0.2, 0.25) is 18.1 Å². The maximum atomic E-state index is 14.4. The highest BCUT2D eigenvalue weighted by molar-refractivity contribution is 8.21. The lowest BCUT2D eigenvalue weighted by Crippen LogP contribution is -2.59. The average molecular weight is 609 g/mol. The molecule has 0 unspecified atom stereocenters. The van der Waals surface area contributed by atoms with Gasteiger partial charge in [0.05, 0.1) is 41.3 Å². The fourth-order valence-corrected chi connectivity index (χ4v) is 15.8. The number of hydrogen-bond acceptors (Lipinski definition) is 9. The molecule has 0 amide bonds. The maximum absolute atomic E-state index is 14.4. The summed E-state index contributed by atoms with van der Waals surface area (Å²) >= 11 is 7.74. The van der Waals surface area contributed by atoms with Gasteiger partial charge in [0.2, 0.25) is 0 Å². The van der Waals surface area contributed by atoms with E-state index in [0.29, 0.717) is 19.0 Å². The van der Waals surface area contributed by atoms with E-state index >= 15 is 0 Å². The predicted molar refractivity (Wildman–Crippen MR) is 165 cm³/mol. The molecule has 4 aliphatic heterocycles. The first-order chi connectivity index (χ1) is 17.8. The molecule has 4 heterocycles. The Bertz CT molecular complexity index is 749. The van der Waals surface area contributed by atoms with Gasteiger partial charge >= 0.3 is 0 Å². The van der Waals surface area contributed by atoms with Crippen LogP contribution in [0.1, 0.15) is 47.5 Å². The summed E-state index contributed by atoms with van der Waals surface area (Å²) in [5.41, 5.74) is 0. The second-order valence-corrected chi connectivity index (χ2v) is 21.1. The summed E-state index contributed by atoms with van der Waals surface area (Å²) in [6.07, 6.45) is 1.03. The predicted octanol–water partition coefficient (Wildman–Crippen LogP) is 6.00. The highest BCUT2D eigenvalue weighted by Crippen LogP contribution is 2.54.